The van der Waals surface area contributed by atoms with Crippen molar-refractivity contribution >= 4 is 62.9 Å². The number of halogens is 20. The molecule has 0 bridgehead atoms. The molecule has 0 atom stereocenters. The first kappa shape index (κ1) is 56.7. The van der Waals surface area contributed by atoms with Gasteiger partial charge in [-0.15, -0.1) is 21.9 Å². The van der Waals surface area contributed by atoms with Gasteiger partial charge in [0.2, 0.25) is 5.78 Å². The molecule has 0 aliphatic carbocycles. The van der Waals surface area contributed by atoms with E-state index in [2.05, 4.69) is 36.4 Å². The maximum atomic E-state index is 15.4. The van der Waals surface area contributed by atoms with Gasteiger partial charge >= 0.3 is 5.97 Å². The number of ether oxygens (including phenoxy) is 1. The number of esters is 1. The molecule has 8 aromatic carbocycles. The van der Waals surface area contributed by atoms with E-state index < -0.39 is 158 Å². The van der Waals surface area contributed by atoms with Gasteiger partial charge in [0.1, 0.15) is 82.0 Å². The van der Waals surface area contributed by atoms with Crippen LogP contribution in [0.25, 0.3) is 0 Å². The summed E-state index contributed by atoms with van der Waals surface area (Å²) in [5.41, 5.74) is -13.4. The Bertz CT molecular complexity index is 3170. The minimum absolute atomic E-state index is 0.000598. The number of carbonyl (C=O) groups is 2. The van der Waals surface area contributed by atoms with Crippen LogP contribution >= 0.6 is 7.26 Å². The second-order valence-electron chi connectivity index (χ2n) is 16.3. The Labute approximate surface area is 420 Å². The van der Waals surface area contributed by atoms with Crippen LogP contribution in [0, 0.1) is 116 Å². The van der Waals surface area contributed by atoms with Gasteiger partial charge in [0.25, 0.3) is 0 Å². The Kier molecular flexibility index (Phi) is 16.1. The first-order valence-electron chi connectivity index (χ1n) is 21.3. The van der Waals surface area contributed by atoms with E-state index >= 15 is 35.1 Å². The van der Waals surface area contributed by atoms with E-state index in [1.165, 1.54) is 7.11 Å². The summed E-state index contributed by atoms with van der Waals surface area (Å²) in [5, 5.41) is 3.44. The lowest BCUT2D eigenvalue weighted by atomic mass is 9.12. The zero-order chi connectivity index (χ0) is 56.7. The summed E-state index contributed by atoms with van der Waals surface area (Å²) in [5.74, 6) is -71.9. The average molecular weight is 1120 g/mol. The quantitative estimate of drug-likeness (QED) is 0.0247. The Morgan fingerprint density at radius 1 is 0.338 bits per heavy atom. The van der Waals surface area contributed by atoms with Gasteiger partial charge in [-0.2, -0.15) is 0 Å². The number of benzene rings is 8. The van der Waals surface area contributed by atoms with Crippen LogP contribution in [0.5, 0.6) is 0 Å². The van der Waals surface area contributed by atoms with Gasteiger partial charge in [-0.1, -0.05) is 66.7 Å². The van der Waals surface area contributed by atoms with E-state index in [0.29, 0.717) is 17.3 Å². The second kappa shape index (κ2) is 21.9. The van der Waals surface area contributed by atoms with Gasteiger partial charge in [0.15, 0.2) is 69.8 Å². The second-order valence-corrected chi connectivity index (χ2v) is 19.8. The number of carbonyl (C=O) groups excluding carboxylic acids is 2. The van der Waals surface area contributed by atoms with Crippen molar-refractivity contribution in [3.8, 4) is 0 Å². The SMILES string of the molecule is COC(=O)c1cccc(C(=O)C[P+](c2ccccc2)(c2ccccc2)c2ccccc2)c1.Fc1c(F)c(F)c([B-](c2c(F)c(F)c(F)c(F)c2F)(c2c(F)c(F)c(F)c(F)c2F)c2c(F)c(F)c(F)c(F)c2F)c(F)c1F. The van der Waals surface area contributed by atoms with Crippen LogP contribution < -0.4 is 37.8 Å². The third-order valence-corrected chi connectivity index (χ3v) is 16.6. The highest BCUT2D eigenvalue weighted by molar-refractivity contribution is 7.96. The lowest BCUT2D eigenvalue weighted by molar-refractivity contribution is 0.0600. The monoisotopic (exact) mass is 1120 g/mol. The van der Waals surface area contributed by atoms with Gasteiger partial charge in [0, 0.05) is 5.56 Å². The van der Waals surface area contributed by atoms with Crippen LogP contribution in [0.3, 0.4) is 0 Å². The smallest absolute Gasteiger partial charge is 0.337 e. The van der Waals surface area contributed by atoms with Gasteiger partial charge in [-0.3, -0.25) is 4.79 Å². The van der Waals surface area contributed by atoms with Crippen molar-refractivity contribution in [3.05, 3.63) is 243 Å². The van der Waals surface area contributed by atoms with Crippen LogP contribution in [0.4, 0.5) is 87.8 Å². The summed E-state index contributed by atoms with van der Waals surface area (Å²) in [7, 11) is -0.945. The number of rotatable bonds is 11. The van der Waals surface area contributed by atoms with Crippen LogP contribution in [0.1, 0.15) is 20.7 Å². The fourth-order valence-electron chi connectivity index (χ4n) is 8.89. The molecule has 0 saturated carbocycles. The van der Waals surface area contributed by atoms with Crippen molar-refractivity contribution in [3.63, 3.8) is 0 Å². The van der Waals surface area contributed by atoms with E-state index in [1.807, 2.05) is 54.6 Å². The summed E-state index contributed by atoms with van der Waals surface area (Å²) >= 11 is 0. The predicted octanol–water partition coefficient (Wildman–Crippen LogP) is 10.5. The van der Waals surface area contributed by atoms with Gasteiger partial charge in [-0.05, 0) is 48.5 Å². The van der Waals surface area contributed by atoms with Gasteiger partial charge in [0.05, 0.1) is 12.7 Å². The van der Waals surface area contributed by atoms with Crippen molar-refractivity contribution in [1.82, 2.24) is 0 Å². The van der Waals surface area contributed by atoms with Gasteiger partial charge in [-0.25, -0.2) is 92.6 Å². The normalized spacial score (nSPS) is 11.6. The molecule has 398 valence electrons. The average Bonchev–Trinajstić information content (AvgIpc) is 3.62. The Morgan fingerprint density at radius 3 is 0.818 bits per heavy atom. The van der Waals surface area contributed by atoms with E-state index in [9.17, 15) is 62.3 Å². The maximum absolute atomic E-state index is 15.4. The number of ketones is 1. The number of hydrogen-bond acceptors (Lipinski definition) is 3. The molecule has 0 aliphatic rings. The minimum atomic E-state index is -7.22. The summed E-state index contributed by atoms with van der Waals surface area (Å²) < 4.78 is 299. The zero-order valence-electron chi connectivity index (χ0n) is 38.0. The molecule has 0 heterocycles. The Balaban J connectivity index is 0.000000236. The predicted molar refractivity (Wildman–Crippen MR) is 241 cm³/mol. The first-order chi connectivity index (χ1) is 36.3. The molecule has 0 N–H and O–H groups in total. The summed E-state index contributed by atoms with van der Waals surface area (Å²) in [6.07, 6.45) is -6.89. The maximum Gasteiger partial charge on any atom is 0.337 e. The molecule has 0 saturated heterocycles. The molecule has 0 fully saturated rings. The highest BCUT2D eigenvalue weighted by atomic mass is 31.2. The molecule has 0 spiro atoms. The lowest BCUT2D eigenvalue weighted by Gasteiger charge is -2.44. The Hall–Kier alpha value is -8.01. The minimum Gasteiger partial charge on any atom is -0.465 e. The molecular formula is C52H24BF20O3P. The molecule has 0 amide bonds. The van der Waals surface area contributed by atoms with Crippen molar-refractivity contribution in [1.29, 1.82) is 0 Å². The Morgan fingerprint density at radius 2 is 0.571 bits per heavy atom. The molecular weight excluding hydrogens is 1090 g/mol. The largest absolute Gasteiger partial charge is 0.465 e. The third kappa shape index (κ3) is 9.24. The van der Waals surface area contributed by atoms with Crippen molar-refractivity contribution in [2.45, 2.75) is 0 Å². The molecule has 0 unspecified atom stereocenters. The topological polar surface area (TPSA) is 43.4 Å². The van der Waals surface area contributed by atoms with Crippen molar-refractivity contribution < 1.29 is 102 Å². The zero-order valence-corrected chi connectivity index (χ0v) is 38.9. The molecule has 0 aromatic heterocycles. The highest BCUT2D eigenvalue weighted by Gasteiger charge is 2.53. The fraction of sp³-hybridized carbons (Fsp3) is 0.0385. The van der Waals surface area contributed by atoms with Crippen LogP contribution in [-0.4, -0.2) is 31.2 Å². The van der Waals surface area contributed by atoms with Crippen LogP contribution in [-0.2, 0) is 4.74 Å². The highest BCUT2D eigenvalue weighted by Crippen LogP contribution is 2.55. The molecule has 77 heavy (non-hydrogen) atoms. The van der Waals surface area contributed by atoms with E-state index in [1.54, 1.807) is 24.3 Å². The summed E-state index contributed by atoms with van der Waals surface area (Å²) in [6.45, 7) is 0. The van der Waals surface area contributed by atoms with Gasteiger partial charge < -0.3 is 4.74 Å². The molecule has 8 rings (SSSR count). The molecule has 3 nitrogen and oxygen atoms in total. The third-order valence-electron chi connectivity index (χ3n) is 12.3. The first-order valence-corrected chi connectivity index (χ1v) is 23.3. The van der Waals surface area contributed by atoms with Crippen LogP contribution in [0.2, 0.25) is 0 Å². The van der Waals surface area contributed by atoms with E-state index in [4.69, 9.17) is 4.74 Å². The van der Waals surface area contributed by atoms with Crippen molar-refractivity contribution in [2.24, 2.45) is 0 Å². The molecule has 8 aromatic rings. The summed E-state index contributed by atoms with van der Waals surface area (Å²) in [6, 6.07) is 37.6. The standard InChI is InChI=1S/C28H24O3P.C24BF20/c1-31-28(30)23-13-11-12-22(20-23)27(29)21-32(24-14-5-2-6-15-24,25-16-7-3-8-17-25)26-18-9-4-10-19-26;26-5-1(6(27)14(35)21(42)13(5)34)25(2-7(28)15(36)22(43)16(37)8(2)29,3-9(30)17(38)23(44)18(39)10(3)31)4-11(32)19(40)24(45)20(41)12(4)33/h2-20H,21H2,1H3;/q+1;-1. The number of methoxy groups -OCH3 is 1. The van der Waals surface area contributed by atoms with Crippen LogP contribution in [0.15, 0.2) is 115 Å². The van der Waals surface area contributed by atoms with E-state index in [-0.39, 0.29) is 5.78 Å². The molecule has 25 heteroatoms. The van der Waals surface area contributed by atoms with Crippen molar-refractivity contribution in [2.75, 3.05) is 13.3 Å². The molecule has 0 aliphatic heterocycles. The fourth-order valence-corrected chi connectivity index (χ4v) is 13.0. The lowest BCUT2D eigenvalue weighted by Crippen LogP contribution is -2.81. The number of Topliss-reactive ketones (excluding diaryl/α,β-unsaturated/α-hetero) is 1. The number of hydrogen-bond donors (Lipinski definition) is 0. The molecule has 0 radical (unpaired) electrons. The van der Waals surface area contributed by atoms with E-state index in [0.717, 1.165) is 15.9 Å². The summed E-state index contributed by atoms with van der Waals surface area (Å²) in [4.78, 5) is 25.7.